The number of anilines is 1. The lowest BCUT2D eigenvalue weighted by Gasteiger charge is -2.09. The van der Waals surface area contributed by atoms with Gasteiger partial charge in [-0.2, -0.15) is 0 Å². The number of halogens is 2. The van der Waals surface area contributed by atoms with Crippen LogP contribution in [0.25, 0.3) is 0 Å². The van der Waals surface area contributed by atoms with Crippen LogP contribution in [0.4, 0.5) is 5.69 Å². The molecule has 2 N–H and O–H groups in total. The third-order valence-corrected chi connectivity index (χ3v) is 3.67. The molecule has 4 heteroatoms. The summed E-state index contributed by atoms with van der Waals surface area (Å²) in [6.45, 7) is 1.82. The maximum Gasteiger partial charge on any atom is 0.195 e. The zero-order valence-corrected chi connectivity index (χ0v) is 12.0. The fraction of sp³-hybridized carbons (Fsp3) is 0.0714. The molecular weight excluding hydrogens is 314 g/mol. The van der Waals surface area contributed by atoms with Crippen molar-refractivity contribution in [2.75, 3.05) is 5.73 Å². The van der Waals surface area contributed by atoms with Gasteiger partial charge in [0.25, 0.3) is 0 Å². The van der Waals surface area contributed by atoms with E-state index in [1.54, 1.807) is 36.4 Å². The predicted molar refractivity (Wildman–Crippen MR) is 78.2 cm³/mol. The number of hydrogen-bond acceptors (Lipinski definition) is 2. The normalized spacial score (nSPS) is 10.4. The van der Waals surface area contributed by atoms with E-state index in [1.807, 2.05) is 6.92 Å². The number of carbonyl (C=O) groups excluding carboxylic acids is 1. The largest absolute Gasteiger partial charge is 0.398 e. The number of rotatable bonds is 2. The summed E-state index contributed by atoms with van der Waals surface area (Å²) in [5, 5.41) is 0.578. The smallest absolute Gasteiger partial charge is 0.195 e. The van der Waals surface area contributed by atoms with Crippen LogP contribution in [-0.2, 0) is 0 Å². The fourth-order valence-corrected chi connectivity index (χ4v) is 2.26. The molecule has 0 aromatic heterocycles. The molecule has 0 radical (unpaired) electrons. The summed E-state index contributed by atoms with van der Waals surface area (Å²) >= 11 is 9.36. The predicted octanol–water partition coefficient (Wildman–Crippen LogP) is 4.22. The molecular formula is C14H11BrClNO. The van der Waals surface area contributed by atoms with Gasteiger partial charge in [0.15, 0.2) is 5.78 Å². The second-order valence-electron chi connectivity index (χ2n) is 3.97. The second-order valence-corrected chi connectivity index (χ2v) is 5.30. The highest BCUT2D eigenvalue weighted by Gasteiger charge is 2.15. The summed E-state index contributed by atoms with van der Waals surface area (Å²) in [6, 6.07) is 10.5. The molecule has 0 atom stereocenters. The summed E-state index contributed by atoms with van der Waals surface area (Å²) in [6.07, 6.45) is 0. The lowest BCUT2D eigenvalue weighted by Crippen LogP contribution is -2.07. The van der Waals surface area contributed by atoms with E-state index < -0.39 is 0 Å². The van der Waals surface area contributed by atoms with E-state index in [2.05, 4.69) is 15.9 Å². The van der Waals surface area contributed by atoms with Crippen LogP contribution in [0.3, 0.4) is 0 Å². The molecule has 0 aliphatic rings. The standard InChI is InChI=1S/C14H11BrClNO/c1-8-10(3-2-4-12(8)16)14(18)11-7-9(15)5-6-13(11)17/h2-7H,17H2,1H3. The van der Waals surface area contributed by atoms with Crippen LogP contribution in [0.5, 0.6) is 0 Å². The van der Waals surface area contributed by atoms with Crippen molar-refractivity contribution < 1.29 is 4.79 Å². The Kier molecular flexibility index (Phi) is 3.73. The molecule has 0 spiro atoms. The minimum atomic E-state index is -0.117. The van der Waals surface area contributed by atoms with Gasteiger partial charge >= 0.3 is 0 Å². The average molecular weight is 325 g/mol. The maximum absolute atomic E-state index is 12.4. The number of hydrogen-bond donors (Lipinski definition) is 1. The van der Waals surface area contributed by atoms with Crippen molar-refractivity contribution in [3.05, 3.63) is 62.6 Å². The first-order chi connectivity index (χ1) is 8.50. The van der Waals surface area contributed by atoms with Gasteiger partial charge in [-0.15, -0.1) is 0 Å². The topological polar surface area (TPSA) is 43.1 Å². The molecule has 2 rings (SSSR count). The molecule has 18 heavy (non-hydrogen) atoms. The van der Waals surface area contributed by atoms with Gasteiger partial charge in [0.05, 0.1) is 0 Å². The van der Waals surface area contributed by atoms with E-state index in [9.17, 15) is 4.79 Å². The lowest BCUT2D eigenvalue weighted by molar-refractivity contribution is 0.103. The zero-order chi connectivity index (χ0) is 13.3. The van der Waals surface area contributed by atoms with Crippen molar-refractivity contribution in [1.29, 1.82) is 0 Å². The van der Waals surface area contributed by atoms with Crippen molar-refractivity contribution >= 4 is 39.0 Å². The van der Waals surface area contributed by atoms with Crippen molar-refractivity contribution in [2.45, 2.75) is 6.92 Å². The molecule has 0 bridgehead atoms. The molecule has 0 heterocycles. The molecule has 92 valence electrons. The third kappa shape index (κ3) is 2.42. The van der Waals surface area contributed by atoms with Gasteiger partial charge in [-0.1, -0.05) is 39.7 Å². The molecule has 0 fully saturated rings. The van der Waals surface area contributed by atoms with Crippen LogP contribution in [0.2, 0.25) is 5.02 Å². The molecule has 0 saturated carbocycles. The Hall–Kier alpha value is -1.32. The number of carbonyl (C=O) groups is 1. The van der Waals surface area contributed by atoms with E-state index >= 15 is 0 Å². The van der Waals surface area contributed by atoms with Crippen molar-refractivity contribution in [1.82, 2.24) is 0 Å². The van der Waals surface area contributed by atoms with Crippen molar-refractivity contribution in [3.63, 3.8) is 0 Å². The van der Waals surface area contributed by atoms with Gasteiger partial charge < -0.3 is 5.73 Å². The molecule has 2 aromatic carbocycles. The summed E-state index contributed by atoms with van der Waals surface area (Å²) < 4.78 is 0.819. The van der Waals surface area contributed by atoms with Crippen LogP contribution in [0, 0.1) is 6.92 Å². The molecule has 2 aromatic rings. The second kappa shape index (κ2) is 5.12. The molecule has 0 unspecified atom stereocenters. The van der Waals surface area contributed by atoms with Crippen molar-refractivity contribution in [3.8, 4) is 0 Å². The Morgan fingerprint density at radius 2 is 1.94 bits per heavy atom. The Balaban J connectivity index is 2.55. The Morgan fingerprint density at radius 1 is 1.22 bits per heavy atom. The van der Waals surface area contributed by atoms with Crippen LogP contribution >= 0.6 is 27.5 Å². The van der Waals surface area contributed by atoms with E-state index in [-0.39, 0.29) is 5.78 Å². The zero-order valence-electron chi connectivity index (χ0n) is 9.71. The van der Waals surface area contributed by atoms with Gasteiger partial charge in [0, 0.05) is 26.3 Å². The first kappa shape index (κ1) is 13.1. The monoisotopic (exact) mass is 323 g/mol. The Morgan fingerprint density at radius 3 is 2.67 bits per heavy atom. The first-order valence-electron chi connectivity index (χ1n) is 5.35. The maximum atomic E-state index is 12.4. The van der Waals surface area contributed by atoms with Crippen molar-refractivity contribution in [2.24, 2.45) is 0 Å². The average Bonchev–Trinajstić information content (AvgIpc) is 2.35. The highest BCUT2D eigenvalue weighted by molar-refractivity contribution is 9.10. The summed E-state index contributed by atoms with van der Waals surface area (Å²) in [5.74, 6) is -0.117. The SMILES string of the molecule is Cc1c(Cl)cccc1C(=O)c1cc(Br)ccc1N. The molecule has 0 aliphatic carbocycles. The van der Waals surface area contributed by atoms with E-state index in [0.29, 0.717) is 21.8 Å². The van der Waals surface area contributed by atoms with Crippen LogP contribution in [0.1, 0.15) is 21.5 Å². The van der Waals surface area contributed by atoms with Crippen LogP contribution in [-0.4, -0.2) is 5.78 Å². The van der Waals surface area contributed by atoms with Gasteiger partial charge in [0.1, 0.15) is 0 Å². The van der Waals surface area contributed by atoms with Gasteiger partial charge in [-0.3, -0.25) is 4.79 Å². The van der Waals surface area contributed by atoms with Crippen LogP contribution < -0.4 is 5.73 Å². The third-order valence-electron chi connectivity index (χ3n) is 2.77. The minimum Gasteiger partial charge on any atom is -0.398 e. The Bertz CT molecular complexity index is 621. The van der Waals surface area contributed by atoms with Gasteiger partial charge in [0.2, 0.25) is 0 Å². The Labute approximate surface area is 119 Å². The summed E-state index contributed by atoms with van der Waals surface area (Å²) in [7, 11) is 0. The molecule has 0 amide bonds. The van der Waals surface area contributed by atoms with Gasteiger partial charge in [-0.25, -0.2) is 0 Å². The lowest BCUT2D eigenvalue weighted by atomic mass is 9.98. The molecule has 2 nitrogen and oxygen atoms in total. The number of benzene rings is 2. The minimum absolute atomic E-state index is 0.117. The van der Waals surface area contributed by atoms with E-state index in [4.69, 9.17) is 17.3 Å². The van der Waals surface area contributed by atoms with E-state index in [0.717, 1.165) is 10.0 Å². The number of nitrogens with two attached hydrogens (primary N) is 1. The number of nitrogen functional groups attached to an aromatic ring is 1. The quantitative estimate of drug-likeness (QED) is 0.664. The fourth-order valence-electron chi connectivity index (χ4n) is 1.72. The molecule has 0 saturated heterocycles. The highest BCUT2D eigenvalue weighted by Crippen LogP contribution is 2.25. The number of ketones is 1. The van der Waals surface area contributed by atoms with E-state index in [1.165, 1.54) is 0 Å². The first-order valence-corrected chi connectivity index (χ1v) is 6.52. The van der Waals surface area contributed by atoms with Gasteiger partial charge in [-0.05, 0) is 36.8 Å². The summed E-state index contributed by atoms with van der Waals surface area (Å²) in [5.41, 5.74) is 8.13. The molecule has 0 aliphatic heterocycles. The highest BCUT2D eigenvalue weighted by atomic mass is 79.9. The summed E-state index contributed by atoms with van der Waals surface area (Å²) in [4.78, 5) is 12.4. The van der Waals surface area contributed by atoms with Crippen LogP contribution in [0.15, 0.2) is 40.9 Å².